The maximum Gasteiger partial charge on any atom is 0.227 e. The Morgan fingerprint density at radius 1 is 1.04 bits per heavy atom. The first-order chi connectivity index (χ1) is 12.2. The number of hydrogen-bond donors (Lipinski definition) is 1. The van der Waals surface area contributed by atoms with E-state index >= 15 is 0 Å². The maximum atomic E-state index is 13.0. The van der Waals surface area contributed by atoms with Crippen molar-refractivity contribution in [2.24, 2.45) is 0 Å². The Balaban J connectivity index is 1.64. The number of rotatable bonds is 4. The number of thiazole rings is 1. The number of aryl methyl sites for hydroxylation is 1. The zero-order valence-corrected chi connectivity index (χ0v) is 14.9. The molecule has 3 aromatic heterocycles. The molecule has 0 aliphatic carbocycles. The average Bonchev–Trinajstić information content (AvgIpc) is 3.27. The van der Waals surface area contributed by atoms with Gasteiger partial charge in [-0.1, -0.05) is 6.07 Å². The van der Waals surface area contributed by atoms with Gasteiger partial charge in [0.15, 0.2) is 0 Å². The molecule has 0 fully saturated rings. The Morgan fingerprint density at radius 3 is 2.64 bits per heavy atom. The molecule has 0 unspecified atom stereocenters. The number of halogens is 1. The molecule has 4 nitrogen and oxygen atoms in total. The third kappa shape index (κ3) is 3.42. The number of hydrogen-bond acceptors (Lipinski definition) is 6. The van der Waals surface area contributed by atoms with Crippen LogP contribution in [0.4, 0.5) is 16.0 Å². The Kier molecular flexibility index (Phi) is 4.25. The molecule has 4 aromatic rings. The second-order valence-electron chi connectivity index (χ2n) is 5.31. The Hall–Kier alpha value is -2.64. The van der Waals surface area contributed by atoms with Gasteiger partial charge in [-0.2, -0.15) is 0 Å². The lowest BCUT2D eigenvalue weighted by Crippen LogP contribution is -1.97. The minimum absolute atomic E-state index is 0.276. The standard InChI is InChI=1S/C18H13FN4S2/c1-11-16(25-17(21-11)15-3-2-10-24-15)14-8-9-20-18(23-14)22-13-6-4-12(19)5-7-13/h2-10H,1H3,(H,20,22,23). The normalized spacial score (nSPS) is 10.8. The van der Waals surface area contributed by atoms with Crippen LogP contribution in [-0.4, -0.2) is 15.0 Å². The van der Waals surface area contributed by atoms with Crippen molar-refractivity contribution in [2.75, 3.05) is 5.32 Å². The van der Waals surface area contributed by atoms with Gasteiger partial charge >= 0.3 is 0 Å². The van der Waals surface area contributed by atoms with Crippen molar-refractivity contribution >= 4 is 34.3 Å². The molecule has 0 atom stereocenters. The predicted molar refractivity (Wildman–Crippen MR) is 101 cm³/mol. The molecule has 1 N–H and O–H groups in total. The van der Waals surface area contributed by atoms with Gasteiger partial charge in [0.25, 0.3) is 0 Å². The zero-order valence-electron chi connectivity index (χ0n) is 13.2. The molecule has 0 radical (unpaired) electrons. The van der Waals surface area contributed by atoms with Crippen LogP contribution in [0.25, 0.3) is 20.5 Å². The quantitative estimate of drug-likeness (QED) is 0.515. The van der Waals surface area contributed by atoms with Gasteiger partial charge in [-0.3, -0.25) is 0 Å². The smallest absolute Gasteiger partial charge is 0.227 e. The number of benzene rings is 1. The van der Waals surface area contributed by atoms with Crippen LogP contribution in [0.5, 0.6) is 0 Å². The number of nitrogens with one attached hydrogen (secondary N) is 1. The van der Waals surface area contributed by atoms with Crippen molar-refractivity contribution in [2.45, 2.75) is 6.92 Å². The lowest BCUT2D eigenvalue weighted by atomic mass is 10.3. The SMILES string of the molecule is Cc1nc(-c2cccs2)sc1-c1ccnc(Nc2ccc(F)cc2)n1. The summed E-state index contributed by atoms with van der Waals surface area (Å²) in [6, 6.07) is 12.0. The first-order valence-electron chi connectivity index (χ1n) is 7.56. The first kappa shape index (κ1) is 15.9. The van der Waals surface area contributed by atoms with Gasteiger partial charge in [0.2, 0.25) is 5.95 Å². The Bertz CT molecular complexity index is 994. The van der Waals surface area contributed by atoms with Gasteiger partial charge < -0.3 is 5.32 Å². The summed E-state index contributed by atoms with van der Waals surface area (Å²) in [5.74, 6) is 0.191. The molecule has 7 heteroatoms. The summed E-state index contributed by atoms with van der Waals surface area (Å²) in [6.45, 7) is 1.98. The molecule has 0 aliphatic heterocycles. The van der Waals surface area contributed by atoms with Crippen LogP contribution >= 0.6 is 22.7 Å². The molecular formula is C18H13FN4S2. The molecular weight excluding hydrogens is 355 g/mol. The average molecular weight is 368 g/mol. The fourth-order valence-electron chi connectivity index (χ4n) is 2.35. The van der Waals surface area contributed by atoms with E-state index in [1.165, 1.54) is 12.1 Å². The van der Waals surface area contributed by atoms with E-state index in [2.05, 4.69) is 26.3 Å². The number of nitrogens with zero attached hydrogens (tertiary/aromatic N) is 3. The molecule has 0 saturated heterocycles. The number of anilines is 2. The third-order valence-corrected chi connectivity index (χ3v) is 5.74. The minimum Gasteiger partial charge on any atom is -0.324 e. The van der Waals surface area contributed by atoms with Crippen LogP contribution in [-0.2, 0) is 0 Å². The van der Waals surface area contributed by atoms with Crippen molar-refractivity contribution in [3.8, 4) is 20.5 Å². The highest BCUT2D eigenvalue weighted by atomic mass is 32.1. The van der Waals surface area contributed by atoms with E-state index in [1.807, 2.05) is 24.4 Å². The van der Waals surface area contributed by atoms with Crippen LogP contribution in [0.2, 0.25) is 0 Å². The summed E-state index contributed by atoms with van der Waals surface area (Å²) in [5.41, 5.74) is 2.50. The second-order valence-corrected chi connectivity index (χ2v) is 7.25. The third-order valence-electron chi connectivity index (χ3n) is 3.52. The van der Waals surface area contributed by atoms with Crippen molar-refractivity contribution in [3.63, 3.8) is 0 Å². The largest absolute Gasteiger partial charge is 0.324 e. The van der Waals surface area contributed by atoms with Crippen LogP contribution < -0.4 is 5.32 Å². The second kappa shape index (κ2) is 6.70. The number of aromatic nitrogens is 3. The van der Waals surface area contributed by atoms with Crippen LogP contribution in [0.3, 0.4) is 0 Å². The fraction of sp³-hybridized carbons (Fsp3) is 0.0556. The van der Waals surface area contributed by atoms with E-state index < -0.39 is 0 Å². The molecule has 0 bridgehead atoms. The van der Waals surface area contributed by atoms with Crippen LogP contribution in [0.1, 0.15) is 5.69 Å². The summed E-state index contributed by atoms with van der Waals surface area (Å²) in [7, 11) is 0. The summed E-state index contributed by atoms with van der Waals surface area (Å²) in [4.78, 5) is 15.6. The lowest BCUT2D eigenvalue weighted by Gasteiger charge is -2.06. The van der Waals surface area contributed by atoms with Gasteiger partial charge in [0.05, 0.1) is 21.1 Å². The summed E-state index contributed by atoms with van der Waals surface area (Å²) in [6.07, 6.45) is 1.71. The van der Waals surface area contributed by atoms with E-state index in [0.29, 0.717) is 5.95 Å². The first-order valence-corrected chi connectivity index (χ1v) is 9.26. The van der Waals surface area contributed by atoms with E-state index in [-0.39, 0.29) is 5.82 Å². The highest BCUT2D eigenvalue weighted by Crippen LogP contribution is 2.36. The molecule has 0 amide bonds. The van der Waals surface area contributed by atoms with E-state index in [0.717, 1.165) is 31.8 Å². The summed E-state index contributed by atoms with van der Waals surface area (Å²) in [5, 5.41) is 6.13. The van der Waals surface area contributed by atoms with Gasteiger partial charge in [0.1, 0.15) is 10.8 Å². The monoisotopic (exact) mass is 368 g/mol. The Morgan fingerprint density at radius 2 is 1.88 bits per heavy atom. The Labute approximate surface area is 152 Å². The molecule has 25 heavy (non-hydrogen) atoms. The van der Waals surface area contributed by atoms with E-state index in [1.54, 1.807) is 41.0 Å². The number of thiophene rings is 1. The molecule has 124 valence electrons. The lowest BCUT2D eigenvalue weighted by molar-refractivity contribution is 0.628. The fourth-order valence-corrected chi connectivity index (χ4v) is 4.18. The van der Waals surface area contributed by atoms with Crippen molar-refractivity contribution in [1.82, 2.24) is 15.0 Å². The molecule has 0 spiro atoms. The topological polar surface area (TPSA) is 50.7 Å². The minimum atomic E-state index is -0.276. The highest BCUT2D eigenvalue weighted by Gasteiger charge is 2.13. The zero-order chi connectivity index (χ0) is 17.2. The van der Waals surface area contributed by atoms with Gasteiger partial charge in [0, 0.05) is 11.9 Å². The van der Waals surface area contributed by atoms with E-state index in [4.69, 9.17) is 0 Å². The van der Waals surface area contributed by atoms with Crippen LogP contribution in [0, 0.1) is 12.7 Å². The highest BCUT2D eigenvalue weighted by molar-refractivity contribution is 7.23. The van der Waals surface area contributed by atoms with Gasteiger partial charge in [-0.15, -0.1) is 22.7 Å². The molecule has 0 saturated carbocycles. The molecule has 0 aliphatic rings. The van der Waals surface area contributed by atoms with Crippen molar-refractivity contribution in [3.05, 3.63) is 65.6 Å². The van der Waals surface area contributed by atoms with Crippen LogP contribution in [0.15, 0.2) is 54.0 Å². The predicted octanol–water partition coefficient (Wildman–Crippen LogP) is 5.52. The summed E-state index contributed by atoms with van der Waals surface area (Å²) >= 11 is 3.29. The van der Waals surface area contributed by atoms with Crippen molar-refractivity contribution < 1.29 is 4.39 Å². The molecule has 4 rings (SSSR count). The van der Waals surface area contributed by atoms with Gasteiger partial charge in [-0.05, 0) is 48.7 Å². The van der Waals surface area contributed by atoms with E-state index in [9.17, 15) is 4.39 Å². The van der Waals surface area contributed by atoms with Crippen molar-refractivity contribution in [1.29, 1.82) is 0 Å². The van der Waals surface area contributed by atoms with Gasteiger partial charge in [-0.25, -0.2) is 19.3 Å². The molecule has 1 aromatic carbocycles. The summed E-state index contributed by atoms with van der Waals surface area (Å²) < 4.78 is 13.0. The maximum absolute atomic E-state index is 13.0. The molecule has 3 heterocycles.